The molecule has 0 aromatic carbocycles. The fraction of sp³-hybridized carbons (Fsp3) is 0.381. The van der Waals surface area contributed by atoms with Crippen molar-refractivity contribution in [3.63, 3.8) is 0 Å². The third-order valence-corrected chi connectivity index (χ3v) is 6.41. The Morgan fingerprint density at radius 1 is 1.23 bits per heavy atom. The quantitative estimate of drug-likeness (QED) is 0.600. The number of alkyl halides is 2. The van der Waals surface area contributed by atoms with Gasteiger partial charge < -0.3 is 15.2 Å². The Labute approximate surface area is 176 Å². The van der Waals surface area contributed by atoms with Crippen LogP contribution in [-0.4, -0.2) is 32.1 Å². The second kappa shape index (κ2) is 7.55. The highest BCUT2D eigenvalue weighted by Crippen LogP contribution is 2.44. The summed E-state index contributed by atoms with van der Waals surface area (Å²) in [6.07, 6.45) is 5.75. The van der Waals surface area contributed by atoms with Crippen LogP contribution < -0.4 is 10.1 Å². The highest BCUT2D eigenvalue weighted by Gasteiger charge is 2.47. The van der Waals surface area contributed by atoms with Gasteiger partial charge in [0.15, 0.2) is 16.7 Å². The third-order valence-electron chi connectivity index (χ3n) is 5.36. The zero-order chi connectivity index (χ0) is 20.7. The van der Waals surface area contributed by atoms with E-state index >= 15 is 0 Å². The lowest BCUT2D eigenvalue weighted by molar-refractivity contribution is -0.134. The number of aromatic nitrogens is 3. The molecule has 0 amide bonds. The van der Waals surface area contributed by atoms with E-state index in [0.717, 1.165) is 28.8 Å². The van der Waals surface area contributed by atoms with Crippen molar-refractivity contribution in [3.05, 3.63) is 47.4 Å². The van der Waals surface area contributed by atoms with E-state index in [0.29, 0.717) is 28.8 Å². The smallest absolute Gasteiger partial charge is 0.255 e. The van der Waals surface area contributed by atoms with Gasteiger partial charge in [-0.3, -0.25) is 4.98 Å². The van der Waals surface area contributed by atoms with Gasteiger partial charge in [0.25, 0.3) is 5.92 Å². The lowest BCUT2D eigenvalue weighted by Gasteiger charge is -2.35. The number of nitrogens with zero attached hydrogens (tertiary/aromatic N) is 3. The maximum absolute atomic E-state index is 13.4. The van der Waals surface area contributed by atoms with Crippen LogP contribution in [0.25, 0.3) is 11.1 Å². The van der Waals surface area contributed by atoms with Crippen LogP contribution in [0.15, 0.2) is 36.8 Å². The van der Waals surface area contributed by atoms with E-state index in [1.807, 2.05) is 6.07 Å². The molecule has 3 heterocycles. The van der Waals surface area contributed by atoms with Crippen LogP contribution in [0.4, 0.5) is 19.7 Å². The van der Waals surface area contributed by atoms with Crippen LogP contribution in [0, 0.1) is 0 Å². The minimum absolute atomic E-state index is 0.314. The van der Waals surface area contributed by atoms with Crippen LogP contribution >= 0.6 is 11.3 Å². The van der Waals surface area contributed by atoms with E-state index in [-0.39, 0.29) is 12.8 Å². The Bertz CT molecular complexity index is 1050. The SMILES string of the molecule is OC1CCCc2sc(Nc3nccc(-c4cccnc4)c3OC3CC(F)(F)C3)nc21. The van der Waals surface area contributed by atoms with Crippen molar-refractivity contribution in [2.24, 2.45) is 0 Å². The van der Waals surface area contributed by atoms with Crippen molar-refractivity contribution in [3.8, 4) is 16.9 Å². The Morgan fingerprint density at radius 2 is 2.10 bits per heavy atom. The molecular formula is C21H20F2N4O2S. The lowest BCUT2D eigenvalue weighted by Crippen LogP contribution is -2.43. The van der Waals surface area contributed by atoms with Gasteiger partial charge in [-0.05, 0) is 31.4 Å². The fourth-order valence-electron chi connectivity index (χ4n) is 3.81. The first-order valence-electron chi connectivity index (χ1n) is 9.87. The van der Waals surface area contributed by atoms with Gasteiger partial charge in [-0.1, -0.05) is 6.07 Å². The van der Waals surface area contributed by atoms with Gasteiger partial charge in [0.2, 0.25) is 0 Å². The first-order valence-corrected chi connectivity index (χ1v) is 10.7. The van der Waals surface area contributed by atoms with E-state index in [4.69, 9.17) is 4.74 Å². The molecule has 0 spiro atoms. The largest absolute Gasteiger partial charge is 0.485 e. The van der Waals surface area contributed by atoms with Crippen molar-refractivity contribution < 1.29 is 18.6 Å². The molecule has 0 aliphatic heterocycles. The Morgan fingerprint density at radius 3 is 2.83 bits per heavy atom. The second-order valence-corrected chi connectivity index (χ2v) is 8.73. The highest BCUT2D eigenvalue weighted by molar-refractivity contribution is 7.15. The summed E-state index contributed by atoms with van der Waals surface area (Å²) in [6.45, 7) is 0. The standard InChI is InChI=1S/C21H20F2N4O2S/c22-21(23)9-13(10-21)29-18-14(12-3-2-7-24-11-12)6-8-25-19(18)27-20-26-17-15(28)4-1-5-16(17)30-20/h2-3,6-8,11,13,15,28H,1,4-5,9-10H2,(H,25,26,27). The molecule has 2 aliphatic carbocycles. The molecule has 30 heavy (non-hydrogen) atoms. The monoisotopic (exact) mass is 430 g/mol. The van der Waals surface area contributed by atoms with Crippen molar-refractivity contribution >= 4 is 22.3 Å². The summed E-state index contributed by atoms with van der Waals surface area (Å²) in [5.74, 6) is -1.87. The molecular weight excluding hydrogens is 410 g/mol. The van der Waals surface area contributed by atoms with Crippen LogP contribution in [-0.2, 0) is 6.42 Å². The summed E-state index contributed by atoms with van der Waals surface area (Å²) in [4.78, 5) is 14.1. The summed E-state index contributed by atoms with van der Waals surface area (Å²) in [7, 11) is 0. The molecule has 0 saturated heterocycles. The van der Waals surface area contributed by atoms with E-state index in [2.05, 4.69) is 20.3 Å². The molecule has 6 nitrogen and oxygen atoms in total. The number of aliphatic hydroxyl groups excluding tert-OH is 1. The maximum Gasteiger partial charge on any atom is 0.255 e. The number of fused-ring (bicyclic) bond motifs is 1. The van der Waals surface area contributed by atoms with Gasteiger partial charge in [-0.25, -0.2) is 18.7 Å². The number of nitrogens with one attached hydrogen (secondary N) is 1. The molecule has 1 atom stereocenters. The number of anilines is 2. The number of aliphatic hydroxyl groups is 1. The highest BCUT2D eigenvalue weighted by atomic mass is 32.1. The van der Waals surface area contributed by atoms with Gasteiger partial charge in [0.05, 0.1) is 11.8 Å². The summed E-state index contributed by atoms with van der Waals surface area (Å²) in [5, 5.41) is 14.0. The van der Waals surface area contributed by atoms with E-state index in [1.165, 1.54) is 11.3 Å². The Hall–Kier alpha value is -2.65. The Kier molecular flexibility index (Phi) is 4.86. The molecule has 2 N–H and O–H groups in total. The molecule has 0 radical (unpaired) electrons. The van der Waals surface area contributed by atoms with E-state index in [9.17, 15) is 13.9 Å². The first-order chi connectivity index (χ1) is 14.5. The zero-order valence-corrected chi connectivity index (χ0v) is 16.8. The number of ether oxygens (including phenoxy) is 1. The van der Waals surface area contributed by atoms with Crippen molar-refractivity contribution in [2.75, 3.05) is 5.32 Å². The molecule has 3 aromatic heterocycles. The lowest BCUT2D eigenvalue weighted by atomic mass is 9.91. The average molecular weight is 430 g/mol. The number of thiazole rings is 1. The van der Waals surface area contributed by atoms with Crippen molar-refractivity contribution in [1.29, 1.82) is 0 Å². The summed E-state index contributed by atoms with van der Waals surface area (Å²) in [5.41, 5.74) is 2.23. The third kappa shape index (κ3) is 3.75. The summed E-state index contributed by atoms with van der Waals surface area (Å²) < 4.78 is 32.7. The molecule has 3 aromatic rings. The van der Waals surface area contributed by atoms with Crippen LogP contribution in [0.2, 0.25) is 0 Å². The number of hydrogen-bond donors (Lipinski definition) is 2. The number of pyridine rings is 2. The minimum Gasteiger partial charge on any atom is -0.485 e. The van der Waals surface area contributed by atoms with E-state index in [1.54, 1.807) is 30.7 Å². The number of aryl methyl sites for hydroxylation is 1. The molecule has 1 unspecified atom stereocenters. The molecule has 0 bridgehead atoms. The predicted octanol–water partition coefficient (Wildman–Crippen LogP) is 4.89. The van der Waals surface area contributed by atoms with Crippen molar-refractivity contribution in [2.45, 2.75) is 50.2 Å². The molecule has 1 fully saturated rings. The zero-order valence-electron chi connectivity index (χ0n) is 16.0. The molecule has 156 valence electrons. The van der Waals surface area contributed by atoms with Crippen LogP contribution in [0.5, 0.6) is 5.75 Å². The molecule has 5 rings (SSSR count). The van der Waals surface area contributed by atoms with Gasteiger partial charge >= 0.3 is 0 Å². The minimum atomic E-state index is -2.68. The predicted molar refractivity (Wildman–Crippen MR) is 109 cm³/mol. The average Bonchev–Trinajstić information content (AvgIpc) is 3.12. The normalized spacial score (nSPS) is 20.3. The summed E-state index contributed by atoms with van der Waals surface area (Å²) in [6, 6.07) is 5.47. The summed E-state index contributed by atoms with van der Waals surface area (Å²) >= 11 is 1.47. The number of rotatable bonds is 5. The van der Waals surface area contributed by atoms with Crippen molar-refractivity contribution in [1.82, 2.24) is 15.0 Å². The molecule has 9 heteroatoms. The maximum atomic E-state index is 13.4. The van der Waals surface area contributed by atoms with Crippen LogP contribution in [0.3, 0.4) is 0 Å². The fourth-order valence-corrected chi connectivity index (χ4v) is 4.87. The first kappa shape index (κ1) is 19.3. The molecule has 1 saturated carbocycles. The van der Waals surface area contributed by atoms with E-state index < -0.39 is 18.1 Å². The second-order valence-electron chi connectivity index (χ2n) is 7.64. The molecule has 2 aliphatic rings. The van der Waals surface area contributed by atoms with Gasteiger partial charge in [0, 0.05) is 47.4 Å². The van der Waals surface area contributed by atoms with Gasteiger partial charge in [0.1, 0.15) is 6.10 Å². The van der Waals surface area contributed by atoms with Crippen LogP contribution in [0.1, 0.15) is 42.4 Å². The Balaban J connectivity index is 1.49. The van der Waals surface area contributed by atoms with Gasteiger partial charge in [-0.2, -0.15) is 0 Å². The van der Waals surface area contributed by atoms with Gasteiger partial charge in [-0.15, -0.1) is 11.3 Å². The topological polar surface area (TPSA) is 80.2 Å². The number of hydrogen-bond acceptors (Lipinski definition) is 7. The number of halogens is 2.